The van der Waals surface area contributed by atoms with Crippen molar-refractivity contribution in [2.75, 3.05) is 0 Å². The molecule has 1 heterocycles. The number of benzene rings is 3. The number of aromatic nitrogens is 1. The average molecular weight is 357 g/mol. The van der Waals surface area contributed by atoms with Crippen LogP contribution >= 0.6 is 9.24 Å². The second kappa shape index (κ2) is 7.19. The van der Waals surface area contributed by atoms with Gasteiger partial charge in [0.05, 0.1) is 0 Å². The SMILES string of the molecule is C=CCc1c[nH]c2ccc(-c3ccc(Oc4ccc(P)cc4)cc3)cc12. The van der Waals surface area contributed by atoms with Crippen molar-refractivity contribution in [3.63, 3.8) is 0 Å². The van der Waals surface area contributed by atoms with Gasteiger partial charge in [0.25, 0.3) is 0 Å². The number of rotatable bonds is 5. The van der Waals surface area contributed by atoms with Crippen molar-refractivity contribution in [3.05, 3.63) is 91.1 Å². The molecule has 0 radical (unpaired) electrons. The molecule has 128 valence electrons. The summed E-state index contributed by atoms with van der Waals surface area (Å²) in [5.41, 5.74) is 4.80. The highest BCUT2D eigenvalue weighted by molar-refractivity contribution is 7.27. The largest absolute Gasteiger partial charge is 0.457 e. The lowest BCUT2D eigenvalue weighted by atomic mass is 10.0. The fraction of sp³-hybridized carbons (Fsp3) is 0.0435. The van der Waals surface area contributed by atoms with Crippen LogP contribution in [0.4, 0.5) is 0 Å². The van der Waals surface area contributed by atoms with Crippen LogP contribution in [-0.4, -0.2) is 4.98 Å². The van der Waals surface area contributed by atoms with Crippen LogP contribution in [0.15, 0.2) is 85.6 Å². The highest BCUT2D eigenvalue weighted by atomic mass is 31.0. The first-order valence-electron chi connectivity index (χ1n) is 8.58. The Morgan fingerprint density at radius 1 is 0.885 bits per heavy atom. The van der Waals surface area contributed by atoms with Gasteiger partial charge in [0.2, 0.25) is 0 Å². The third-order valence-corrected chi connectivity index (χ3v) is 4.82. The lowest BCUT2D eigenvalue weighted by molar-refractivity contribution is 0.483. The number of ether oxygens (including phenoxy) is 1. The Balaban J connectivity index is 1.60. The van der Waals surface area contributed by atoms with Gasteiger partial charge < -0.3 is 9.72 Å². The van der Waals surface area contributed by atoms with Gasteiger partial charge in [0.1, 0.15) is 11.5 Å². The van der Waals surface area contributed by atoms with Crippen LogP contribution < -0.4 is 10.0 Å². The fourth-order valence-electron chi connectivity index (χ4n) is 3.07. The van der Waals surface area contributed by atoms with Crippen LogP contribution in [0.5, 0.6) is 11.5 Å². The monoisotopic (exact) mass is 357 g/mol. The maximum Gasteiger partial charge on any atom is 0.127 e. The molecule has 3 heteroatoms. The molecule has 0 saturated heterocycles. The maximum atomic E-state index is 5.91. The molecule has 0 spiro atoms. The molecule has 0 aliphatic carbocycles. The van der Waals surface area contributed by atoms with Crippen molar-refractivity contribution in [2.45, 2.75) is 6.42 Å². The average Bonchev–Trinajstić information content (AvgIpc) is 3.07. The normalized spacial score (nSPS) is 10.8. The lowest BCUT2D eigenvalue weighted by Gasteiger charge is -2.08. The molecule has 0 fully saturated rings. The Labute approximate surface area is 155 Å². The molecule has 0 amide bonds. The molecular weight excluding hydrogens is 337 g/mol. The molecule has 26 heavy (non-hydrogen) atoms. The maximum absolute atomic E-state index is 5.91. The molecule has 3 aromatic carbocycles. The second-order valence-corrected chi connectivity index (χ2v) is 6.93. The van der Waals surface area contributed by atoms with E-state index < -0.39 is 0 Å². The smallest absolute Gasteiger partial charge is 0.127 e. The molecule has 0 aliphatic rings. The van der Waals surface area contributed by atoms with Crippen LogP contribution in [0.1, 0.15) is 5.56 Å². The third kappa shape index (κ3) is 3.42. The zero-order valence-electron chi connectivity index (χ0n) is 14.4. The van der Waals surface area contributed by atoms with E-state index in [1.54, 1.807) is 0 Å². The Morgan fingerprint density at radius 2 is 1.54 bits per heavy atom. The molecule has 2 nitrogen and oxygen atoms in total. The number of H-pyrrole nitrogens is 1. The van der Waals surface area contributed by atoms with Gasteiger partial charge in [0.15, 0.2) is 0 Å². The molecule has 1 N–H and O–H groups in total. The van der Waals surface area contributed by atoms with Crippen molar-refractivity contribution in [3.8, 4) is 22.6 Å². The zero-order valence-corrected chi connectivity index (χ0v) is 15.6. The summed E-state index contributed by atoms with van der Waals surface area (Å²) in [5.74, 6) is 1.67. The molecule has 1 atom stereocenters. The predicted octanol–water partition coefficient (Wildman–Crippen LogP) is 5.86. The van der Waals surface area contributed by atoms with E-state index in [1.165, 1.54) is 22.1 Å². The molecule has 0 aliphatic heterocycles. The summed E-state index contributed by atoms with van der Waals surface area (Å²) in [4.78, 5) is 3.32. The Hall–Kier alpha value is -2.83. The van der Waals surface area contributed by atoms with Crippen molar-refractivity contribution in [1.82, 2.24) is 4.98 Å². The lowest BCUT2D eigenvalue weighted by Crippen LogP contribution is -1.89. The second-order valence-electron chi connectivity index (χ2n) is 6.26. The first kappa shape index (κ1) is 16.6. The first-order chi connectivity index (χ1) is 12.7. The van der Waals surface area contributed by atoms with E-state index in [9.17, 15) is 0 Å². The highest BCUT2D eigenvalue weighted by Gasteiger charge is 2.06. The van der Waals surface area contributed by atoms with Crippen LogP contribution in [0.3, 0.4) is 0 Å². The number of nitrogens with one attached hydrogen (secondary N) is 1. The number of aromatic amines is 1. The summed E-state index contributed by atoms with van der Waals surface area (Å²) in [6, 6.07) is 22.7. The molecule has 1 unspecified atom stereocenters. The van der Waals surface area contributed by atoms with Gasteiger partial charge in [-0.3, -0.25) is 0 Å². The third-order valence-electron chi connectivity index (χ3n) is 4.44. The minimum Gasteiger partial charge on any atom is -0.457 e. The fourth-order valence-corrected chi connectivity index (χ4v) is 3.26. The van der Waals surface area contributed by atoms with E-state index >= 15 is 0 Å². The van der Waals surface area contributed by atoms with Crippen LogP contribution in [0.2, 0.25) is 0 Å². The Bertz CT molecular complexity index is 1050. The van der Waals surface area contributed by atoms with E-state index in [-0.39, 0.29) is 0 Å². The van der Waals surface area contributed by atoms with Crippen molar-refractivity contribution in [2.24, 2.45) is 0 Å². The minimum absolute atomic E-state index is 0.834. The summed E-state index contributed by atoms with van der Waals surface area (Å²) < 4.78 is 5.91. The minimum atomic E-state index is 0.834. The van der Waals surface area contributed by atoms with Crippen LogP contribution in [-0.2, 0) is 6.42 Å². The quantitative estimate of drug-likeness (QED) is 0.351. The van der Waals surface area contributed by atoms with Crippen LogP contribution in [0.25, 0.3) is 22.0 Å². The van der Waals surface area contributed by atoms with E-state index in [4.69, 9.17) is 4.74 Å². The van der Waals surface area contributed by atoms with Crippen LogP contribution in [0, 0.1) is 0 Å². The van der Waals surface area contributed by atoms with Gasteiger partial charge in [-0.2, -0.15) is 0 Å². The van der Waals surface area contributed by atoms with Gasteiger partial charge in [0, 0.05) is 17.1 Å². The van der Waals surface area contributed by atoms with E-state index in [0.29, 0.717) is 0 Å². The first-order valence-corrected chi connectivity index (χ1v) is 9.15. The summed E-state index contributed by atoms with van der Waals surface area (Å²) in [6.45, 7) is 3.84. The van der Waals surface area contributed by atoms with Gasteiger partial charge in [-0.25, -0.2) is 0 Å². The van der Waals surface area contributed by atoms with Crippen molar-refractivity contribution < 1.29 is 4.74 Å². The van der Waals surface area contributed by atoms with Gasteiger partial charge in [-0.15, -0.1) is 15.8 Å². The highest BCUT2D eigenvalue weighted by Crippen LogP contribution is 2.29. The summed E-state index contributed by atoms with van der Waals surface area (Å²) in [7, 11) is 2.68. The zero-order chi connectivity index (χ0) is 17.9. The number of hydrogen-bond donors (Lipinski definition) is 1. The molecular formula is C23H20NOP. The molecule has 1 aromatic heterocycles. The standard InChI is InChI=1S/C23H20NOP/c1-2-3-18-15-24-23-13-6-17(14-22(18)23)16-4-7-19(8-5-16)25-20-9-11-21(26)12-10-20/h2,4-15,24H,1,3,26H2. The molecule has 4 rings (SSSR count). The molecule has 0 saturated carbocycles. The predicted molar refractivity (Wildman–Crippen MR) is 113 cm³/mol. The number of hydrogen-bond acceptors (Lipinski definition) is 1. The van der Waals surface area contributed by atoms with Gasteiger partial charge >= 0.3 is 0 Å². The van der Waals surface area contributed by atoms with E-state index in [0.717, 1.165) is 28.7 Å². The van der Waals surface area contributed by atoms with Gasteiger partial charge in [-0.1, -0.05) is 36.4 Å². The molecule has 4 aromatic rings. The van der Waals surface area contributed by atoms with E-state index in [2.05, 4.69) is 57.3 Å². The van der Waals surface area contributed by atoms with E-state index in [1.807, 2.05) is 42.5 Å². The summed E-state index contributed by atoms with van der Waals surface area (Å²) >= 11 is 0. The van der Waals surface area contributed by atoms with Crippen molar-refractivity contribution >= 4 is 25.4 Å². The summed E-state index contributed by atoms with van der Waals surface area (Å²) in [5, 5.41) is 2.39. The van der Waals surface area contributed by atoms with Crippen molar-refractivity contribution in [1.29, 1.82) is 0 Å². The number of fused-ring (bicyclic) bond motifs is 1. The molecule has 0 bridgehead atoms. The van der Waals surface area contributed by atoms with Gasteiger partial charge in [-0.05, 0) is 64.8 Å². The number of allylic oxidation sites excluding steroid dienone is 1. The summed E-state index contributed by atoms with van der Waals surface area (Å²) in [6.07, 6.45) is 4.86. The topological polar surface area (TPSA) is 25.0 Å². The Kier molecular flexibility index (Phi) is 4.60. The Morgan fingerprint density at radius 3 is 2.23 bits per heavy atom.